The van der Waals surface area contributed by atoms with Crippen molar-refractivity contribution in [1.29, 1.82) is 0 Å². The molecule has 0 saturated carbocycles. The van der Waals surface area contributed by atoms with E-state index in [4.69, 9.17) is 0 Å². The van der Waals surface area contributed by atoms with Gasteiger partial charge < -0.3 is 4.90 Å². The number of carbonyl (C=O) groups excluding carboxylic acids is 1. The van der Waals surface area contributed by atoms with Crippen molar-refractivity contribution in [2.45, 2.75) is 11.7 Å². The summed E-state index contributed by atoms with van der Waals surface area (Å²) < 4.78 is 0. The fraction of sp³-hybridized carbons (Fsp3) is 0.0952. The van der Waals surface area contributed by atoms with Gasteiger partial charge in [-0.2, -0.15) is 0 Å². The third-order valence-corrected chi connectivity index (χ3v) is 5.14. The second-order valence-electron chi connectivity index (χ2n) is 6.42. The molecule has 0 aliphatic carbocycles. The van der Waals surface area contributed by atoms with Crippen LogP contribution in [0, 0.1) is 0 Å². The fourth-order valence-electron chi connectivity index (χ4n) is 3.32. The number of hydrogen-bond donors (Lipinski definition) is 3. The standard InChI is InChI=1S/C21H19N3O3S/c25-19(15-8-3-1-4-9-15)17-12-7-13-18(14-17)22-20(16-10-5-2-6-11-16)23(26)24(27)21(22)28/h1-14,20-21,26-28H. The zero-order valence-corrected chi connectivity index (χ0v) is 15.7. The zero-order valence-electron chi connectivity index (χ0n) is 14.8. The van der Waals surface area contributed by atoms with Gasteiger partial charge >= 0.3 is 0 Å². The summed E-state index contributed by atoms with van der Waals surface area (Å²) in [4.78, 5) is 14.5. The first-order chi connectivity index (χ1) is 13.6. The molecule has 1 heterocycles. The lowest BCUT2D eigenvalue weighted by Crippen LogP contribution is -2.35. The molecule has 2 unspecified atom stereocenters. The number of hydrazine groups is 1. The summed E-state index contributed by atoms with van der Waals surface area (Å²) in [6.07, 6.45) is -0.698. The Bertz CT molecular complexity index is 971. The highest BCUT2D eigenvalue weighted by Gasteiger charge is 2.44. The average molecular weight is 393 g/mol. The molecule has 1 fully saturated rings. The molecule has 3 aromatic carbocycles. The predicted molar refractivity (Wildman–Crippen MR) is 108 cm³/mol. The van der Waals surface area contributed by atoms with Crippen molar-refractivity contribution in [3.05, 3.63) is 102 Å². The van der Waals surface area contributed by atoms with Crippen LogP contribution in [0.2, 0.25) is 0 Å². The van der Waals surface area contributed by atoms with Gasteiger partial charge in [0.1, 0.15) is 0 Å². The molecule has 0 radical (unpaired) electrons. The van der Waals surface area contributed by atoms with Crippen LogP contribution in [0.15, 0.2) is 84.9 Å². The number of nitrogens with zero attached hydrogens (tertiary/aromatic N) is 3. The Kier molecular flexibility index (Phi) is 5.17. The zero-order chi connectivity index (χ0) is 19.7. The monoisotopic (exact) mass is 393 g/mol. The van der Waals surface area contributed by atoms with E-state index in [0.717, 1.165) is 10.7 Å². The van der Waals surface area contributed by atoms with Gasteiger partial charge in [-0.25, -0.2) is 0 Å². The largest absolute Gasteiger partial charge is 0.321 e. The highest BCUT2D eigenvalue weighted by Crippen LogP contribution is 2.39. The van der Waals surface area contributed by atoms with Gasteiger partial charge in [-0.1, -0.05) is 83.1 Å². The van der Waals surface area contributed by atoms with E-state index in [-0.39, 0.29) is 5.78 Å². The van der Waals surface area contributed by atoms with Gasteiger partial charge in [0, 0.05) is 16.8 Å². The topological polar surface area (TPSA) is 67.2 Å². The minimum Gasteiger partial charge on any atom is -0.321 e. The molecule has 0 amide bonds. The predicted octanol–water partition coefficient (Wildman–Crippen LogP) is 3.95. The third kappa shape index (κ3) is 3.30. The van der Waals surface area contributed by atoms with E-state index < -0.39 is 11.7 Å². The molecular formula is C21H19N3O3S. The second kappa shape index (κ2) is 7.75. The normalized spacial score (nSPS) is 20.5. The van der Waals surface area contributed by atoms with Crippen molar-refractivity contribution in [2.24, 2.45) is 0 Å². The Labute approximate surface area is 168 Å². The van der Waals surface area contributed by atoms with Gasteiger partial charge in [0.05, 0.1) is 0 Å². The lowest BCUT2D eigenvalue weighted by atomic mass is 10.0. The van der Waals surface area contributed by atoms with Crippen LogP contribution in [0.25, 0.3) is 0 Å². The van der Waals surface area contributed by atoms with E-state index in [1.165, 1.54) is 0 Å². The van der Waals surface area contributed by atoms with Crippen LogP contribution in [0.4, 0.5) is 5.69 Å². The van der Waals surface area contributed by atoms with Crippen LogP contribution >= 0.6 is 12.6 Å². The quantitative estimate of drug-likeness (QED) is 0.461. The maximum atomic E-state index is 12.8. The molecule has 0 bridgehead atoms. The summed E-state index contributed by atoms with van der Waals surface area (Å²) in [6, 6.07) is 25.4. The molecule has 3 aromatic rings. The van der Waals surface area contributed by atoms with Crippen molar-refractivity contribution >= 4 is 24.1 Å². The first kappa shape index (κ1) is 18.7. The average Bonchev–Trinajstić information content (AvgIpc) is 2.98. The van der Waals surface area contributed by atoms with E-state index in [1.54, 1.807) is 35.2 Å². The molecule has 2 N–H and O–H groups in total. The Morgan fingerprint density at radius 1 is 0.786 bits per heavy atom. The van der Waals surface area contributed by atoms with E-state index in [1.807, 2.05) is 54.6 Å². The first-order valence-electron chi connectivity index (χ1n) is 8.75. The number of rotatable bonds is 4. The smallest absolute Gasteiger partial charge is 0.193 e. The Morgan fingerprint density at radius 2 is 1.39 bits per heavy atom. The summed E-state index contributed by atoms with van der Waals surface area (Å²) in [5.74, 6) is -0.102. The number of anilines is 1. The number of benzene rings is 3. The van der Waals surface area contributed by atoms with Crippen LogP contribution in [0.3, 0.4) is 0 Å². The molecule has 4 rings (SSSR count). The molecule has 1 saturated heterocycles. The van der Waals surface area contributed by atoms with Crippen molar-refractivity contribution < 1.29 is 15.2 Å². The highest BCUT2D eigenvalue weighted by molar-refractivity contribution is 7.81. The lowest BCUT2D eigenvalue weighted by Gasteiger charge is -2.29. The van der Waals surface area contributed by atoms with Crippen molar-refractivity contribution in [3.8, 4) is 0 Å². The van der Waals surface area contributed by atoms with E-state index in [2.05, 4.69) is 12.6 Å². The number of hydroxylamine groups is 2. The van der Waals surface area contributed by atoms with Crippen LogP contribution in [0.5, 0.6) is 0 Å². The molecule has 0 spiro atoms. The second-order valence-corrected chi connectivity index (χ2v) is 6.89. The fourth-order valence-corrected chi connectivity index (χ4v) is 3.69. The highest BCUT2D eigenvalue weighted by atomic mass is 32.1. The van der Waals surface area contributed by atoms with Crippen molar-refractivity contribution in [2.75, 3.05) is 4.90 Å². The number of ketones is 1. The van der Waals surface area contributed by atoms with Crippen molar-refractivity contribution in [1.82, 2.24) is 10.3 Å². The third-order valence-electron chi connectivity index (χ3n) is 4.69. The number of hydrogen-bond acceptors (Lipinski definition) is 7. The molecule has 1 aliphatic rings. The van der Waals surface area contributed by atoms with Gasteiger partial charge in [-0.3, -0.25) is 15.2 Å². The first-order valence-corrected chi connectivity index (χ1v) is 9.27. The molecule has 1 aliphatic heterocycles. The van der Waals surface area contributed by atoms with E-state index in [9.17, 15) is 15.2 Å². The van der Waals surface area contributed by atoms with Crippen LogP contribution in [0.1, 0.15) is 27.7 Å². The molecule has 7 heteroatoms. The van der Waals surface area contributed by atoms with Gasteiger partial charge in [-0.15, -0.1) is 12.6 Å². The summed E-state index contributed by atoms with van der Waals surface area (Å²) in [5.41, 5.74) is 1.68. The number of thiol groups is 1. The van der Waals surface area contributed by atoms with Gasteiger partial charge in [-0.05, 0) is 17.7 Å². The SMILES string of the molecule is O=C(c1ccccc1)c1cccc(N2C(S)N(O)N(O)C2c2ccccc2)c1. The summed E-state index contributed by atoms with van der Waals surface area (Å²) in [5, 5.41) is 22.0. The van der Waals surface area contributed by atoms with Crippen LogP contribution < -0.4 is 4.90 Å². The molecule has 28 heavy (non-hydrogen) atoms. The van der Waals surface area contributed by atoms with Crippen LogP contribution in [-0.2, 0) is 0 Å². The summed E-state index contributed by atoms with van der Waals surface area (Å²) >= 11 is 4.43. The van der Waals surface area contributed by atoms with E-state index >= 15 is 0 Å². The number of carbonyl (C=O) groups is 1. The van der Waals surface area contributed by atoms with Gasteiger partial charge in [0.15, 0.2) is 17.4 Å². The minimum atomic E-state index is -0.836. The Balaban J connectivity index is 1.74. The molecule has 6 nitrogen and oxygen atoms in total. The lowest BCUT2D eigenvalue weighted by molar-refractivity contribution is -0.361. The van der Waals surface area contributed by atoms with E-state index in [0.29, 0.717) is 22.0 Å². The van der Waals surface area contributed by atoms with Gasteiger partial charge in [0.25, 0.3) is 0 Å². The molecule has 2 atom stereocenters. The maximum Gasteiger partial charge on any atom is 0.193 e. The Morgan fingerprint density at radius 3 is 2.07 bits per heavy atom. The Hall–Kier alpha value is -2.68. The molecule has 0 aromatic heterocycles. The maximum absolute atomic E-state index is 12.8. The van der Waals surface area contributed by atoms with Gasteiger partial charge in [0.2, 0.25) is 0 Å². The molecular weight excluding hydrogens is 374 g/mol. The van der Waals surface area contributed by atoms with Crippen molar-refractivity contribution in [3.63, 3.8) is 0 Å². The van der Waals surface area contributed by atoms with Crippen LogP contribution in [-0.4, -0.2) is 32.0 Å². The summed E-state index contributed by atoms with van der Waals surface area (Å²) in [6.45, 7) is 0. The molecule has 142 valence electrons. The summed E-state index contributed by atoms with van der Waals surface area (Å²) in [7, 11) is 0. The minimum absolute atomic E-state index is 0.102.